The molecule has 2 aromatic rings. The van der Waals surface area contributed by atoms with Gasteiger partial charge in [0.15, 0.2) is 0 Å². The van der Waals surface area contributed by atoms with Gasteiger partial charge in [0, 0.05) is 5.69 Å². The number of sulfonamides is 1. The number of carbonyl (C=O) groups is 1. The summed E-state index contributed by atoms with van der Waals surface area (Å²) in [7, 11) is -2.61. The Morgan fingerprint density at radius 2 is 1.86 bits per heavy atom. The maximum absolute atomic E-state index is 12.3. The van der Waals surface area contributed by atoms with Gasteiger partial charge >= 0.3 is 5.97 Å². The number of nitrogen functional groups attached to an aromatic ring is 1. The summed E-state index contributed by atoms with van der Waals surface area (Å²) in [5, 5.41) is 0. The molecule has 0 aliphatic rings. The van der Waals surface area contributed by atoms with Crippen LogP contribution in [-0.4, -0.2) is 21.5 Å². The number of nitrogens with one attached hydrogen (secondary N) is 1. The average Bonchev–Trinajstić information content (AvgIpc) is 2.46. The van der Waals surface area contributed by atoms with Crippen molar-refractivity contribution in [2.75, 3.05) is 17.6 Å². The maximum Gasteiger partial charge on any atom is 0.339 e. The zero-order valence-electron chi connectivity index (χ0n) is 11.2. The van der Waals surface area contributed by atoms with Crippen molar-refractivity contribution < 1.29 is 17.9 Å². The minimum Gasteiger partial charge on any atom is -0.465 e. The van der Waals surface area contributed by atoms with Crippen molar-refractivity contribution in [3.63, 3.8) is 0 Å². The second kappa shape index (κ2) is 5.84. The smallest absolute Gasteiger partial charge is 0.339 e. The standard InChI is InChI=1S/C14H14N2O4S/c1-20-14(17)12-7-2-3-8-13(12)16-21(18,19)11-6-4-5-10(15)9-11/h2-9,16H,15H2,1H3. The Bertz CT molecular complexity index is 772. The largest absolute Gasteiger partial charge is 0.465 e. The van der Waals surface area contributed by atoms with Crippen LogP contribution in [0.5, 0.6) is 0 Å². The van der Waals surface area contributed by atoms with Crippen LogP contribution in [-0.2, 0) is 14.8 Å². The topological polar surface area (TPSA) is 98.5 Å². The number of esters is 1. The van der Waals surface area contributed by atoms with Gasteiger partial charge in [-0.3, -0.25) is 4.72 Å². The van der Waals surface area contributed by atoms with Gasteiger partial charge in [-0.05, 0) is 30.3 Å². The second-order valence-electron chi connectivity index (χ2n) is 4.22. The van der Waals surface area contributed by atoms with Crippen molar-refractivity contribution in [1.29, 1.82) is 0 Å². The lowest BCUT2D eigenvalue weighted by molar-refractivity contribution is 0.0602. The minimum absolute atomic E-state index is 0.0159. The molecule has 0 fully saturated rings. The van der Waals surface area contributed by atoms with Crippen LogP contribution >= 0.6 is 0 Å². The predicted molar refractivity (Wildman–Crippen MR) is 79.4 cm³/mol. The molecule has 0 aromatic heterocycles. The van der Waals surface area contributed by atoms with E-state index in [4.69, 9.17) is 5.73 Å². The molecule has 0 aliphatic carbocycles. The fraction of sp³-hybridized carbons (Fsp3) is 0.0714. The van der Waals surface area contributed by atoms with Crippen LogP contribution in [0.4, 0.5) is 11.4 Å². The summed E-state index contributed by atoms with van der Waals surface area (Å²) in [6, 6.07) is 12.1. The van der Waals surface area contributed by atoms with Gasteiger partial charge < -0.3 is 10.5 Å². The van der Waals surface area contributed by atoms with Crippen molar-refractivity contribution in [1.82, 2.24) is 0 Å². The Morgan fingerprint density at radius 3 is 2.52 bits per heavy atom. The van der Waals surface area contributed by atoms with E-state index < -0.39 is 16.0 Å². The van der Waals surface area contributed by atoms with E-state index in [1.807, 2.05) is 0 Å². The molecular weight excluding hydrogens is 292 g/mol. The SMILES string of the molecule is COC(=O)c1ccccc1NS(=O)(=O)c1cccc(N)c1. The Labute approximate surface area is 122 Å². The van der Waals surface area contributed by atoms with E-state index in [2.05, 4.69) is 9.46 Å². The highest BCUT2D eigenvalue weighted by Gasteiger charge is 2.18. The number of nitrogens with two attached hydrogens (primary N) is 1. The molecule has 110 valence electrons. The van der Waals surface area contributed by atoms with Crippen LogP contribution in [0.15, 0.2) is 53.4 Å². The number of rotatable bonds is 4. The predicted octanol–water partition coefficient (Wildman–Crippen LogP) is 1.86. The lowest BCUT2D eigenvalue weighted by Crippen LogP contribution is -2.16. The molecule has 0 heterocycles. The van der Waals surface area contributed by atoms with E-state index >= 15 is 0 Å². The van der Waals surface area contributed by atoms with E-state index in [1.165, 1.54) is 37.4 Å². The molecule has 2 aromatic carbocycles. The van der Waals surface area contributed by atoms with Gasteiger partial charge in [-0.15, -0.1) is 0 Å². The zero-order valence-corrected chi connectivity index (χ0v) is 12.1. The van der Waals surface area contributed by atoms with Crippen molar-refractivity contribution >= 4 is 27.4 Å². The van der Waals surface area contributed by atoms with Gasteiger partial charge in [0.05, 0.1) is 23.3 Å². The molecular formula is C14H14N2O4S. The molecule has 0 bridgehead atoms. The Kier molecular flexibility index (Phi) is 4.13. The molecule has 0 atom stereocenters. The highest BCUT2D eigenvalue weighted by molar-refractivity contribution is 7.92. The number of benzene rings is 2. The molecule has 3 N–H and O–H groups in total. The quantitative estimate of drug-likeness (QED) is 0.663. The number of carbonyl (C=O) groups excluding carboxylic acids is 1. The van der Waals surface area contributed by atoms with Gasteiger partial charge in [0.25, 0.3) is 10.0 Å². The normalized spacial score (nSPS) is 10.9. The number of ether oxygens (including phenoxy) is 1. The highest BCUT2D eigenvalue weighted by Crippen LogP contribution is 2.21. The van der Waals surface area contributed by atoms with Crippen LogP contribution in [0, 0.1) is 0 Å². The van der Waals surface area contributed by atoms with Gasteiger partial charge in [0.2, 0.25) is 0 Å². The first-order valence-corrected chi connectivity index (χ1v) is 7.48. The van der Waals surface area contributed by atoms with E-state index in [0.717, 1.165) is 0 Å². The monoisotopic (exact) mass is 306 g/mol. The molecule has 2 rings (SSSR count). The van der Waals surface area contributed by atoms with E-state index in [9.17, 15) is 13.2 Å². The van der Waals surface area contributed by atoms with Crippen molar-refractivity contribution in [2.24, 2.45) is 0 Å². The van der Waals surface area contributed by atoms with Crippen LogP contribution in [0.2, 0.25) is 0 Å². The lowest BCUT2D eigenvalue weighted by Gasteiger charge is -2.11. The molecule has 21 heavy (non-hydrogen) atoms. The van der Waals surface area contributed by atoms with E-state index in [0.29, 0.717) is 5.69 Å². The fourth-order valence-electron chi connectivity index (χ4n) is 1.75. The van der Waals surface area contributed by atoms with Crippen LogP contribution in [0.3, 0.4) is 0 Å². The summed E-state index contributed by atoms with van der Waals surface area (Å²) in [4.78, 5) is 11.6. The third-order valence-corrected chi connectivity index (χ3v) is 4.11. The Hall–Kier alpha value is -2.54. The van der Waals surface area contributed by atoms with Crippen LogP contribution in [0.25, 0.3) is 0 Å². The number of hydrogen-bond acceptors (Lipinski definition) is 5. The Balaban J connectivity index is 2.40. The molecule has 0 spiro atoms. The molecule has 0 saturated heterocycles. The Morgan fingerprint density at radius 1 is 1.14 bits per heavy atom. The molecule has 7 heteroatoms. The van der Waals surface area contributed by atoms with Gasteiger partial charge in [0.1, 0.15) is 0 Å². The maximum atomic E-state index is 12.3. The van der Waals surface area contributed by atoms with Crippen molar-refractivity contribution in [2.45, 2.75) is 4.90 Å². The van der Waals surface area contributed by atoms with Crippen molar-refractivity contribution in [3.05, 3.63) is 54.1 Å². The van der Waals surface area contributed by atoms with Gasteiger partial charge in [-0.2, -0.15) is 0 Å². The summed E-state index contributed by atoms with van der Waals surface area (Å²) < 4.78 is 31.6. The third-order valence-electron chi connectivity index (χ3n) is 2.75. The molecule has 6 nitrogen and oxygen atoms in total. The fourth-order valence-corrected chi connectivity index (χ4v) is 2.88. The molecule has 0 radical (unpaired) electrons. The van der Waals surface area contributed by atoms with Crippen molar-refractivity contribution in [3.8, 4) is 0 Å². The van der Waals surface area contributed by atoms with E-state index in [1.54, 1.807) is 18.2 Å². The van der Waals surface area contributed by atoms with E-state index in [-0.39, 0.29) is 16.1 Å². The summed E-state index contributed by atoms with van der Waals surface area (Å²) in [5.74, 6) is -0.624. The zero-order chi connectivity index (χ0) is 15.5. The van der Waals surface area contributed by atoms with Gasteiger partial charge in [-0.25, -0.2) is 13.2 Å². The minimum atomic E-state index is -3.84. The first-order valence-electron chi connectivity index (χ1n) is 6.00. The lowest BCUT2D eigenvalue weighted by atomic mass is 10.2. The number of anilines is 2. The molecule has 0 saturated carbocycles. The summed E-state index contributed by atoms with van der Waals surface area (Å²) in [6.07, 6.45) is 0. The summed E-state index contributed by atoms with van der Waals surface area (Å²) >= 11 is 0. The summed E-state index contributed by atoms with van der Waals surface area (Å²) in [6.45, 7) is 0. The second-order valence-corrected chi connectivity index (χ2v) is 5.90. The average molecular weight is 306 g/mol. The van der Waals surface area contributed by atoms with Crippen LogP contribution < -0.4 is 10.5 Å². The first kappa shape index (κ1) is 14.9. The molecule has 0 aliphatic heterocycles. The third kappa shape index (κ3) is 3.32. The highest BCUT2D eigenvalue weighted by atomic mass is 32.2. The van der Waals surface area contributed by atoms with Gasteiger partial charge in [-0.1, -0.05) is 18.2 Å². The van der Waals surface area contributed by atoms with Crippen LogP contribution in [0.1, 0.15) is 10.4 Å². The summed E-state index contributed by atoms with van der Waals surface area (Å²) in [5.41, 5.74) is 6.19. The number of hydrogen-bond donors (Lipinski definition) is 2. The number of methoxy groups -OCH3 is 1. The number of para-hydroxylation sites is 1. The molecule has 0 amide bonds. The molecule has 0 unspecified atom stereocenters. The first-order chi connectivity index (χ1) is 9.94.